The fourth-order valence-corrected chi connectivity index (χ4v) is 7.01. The van der Waals surface area contributed by atoms with E-state index in [9.17, 15) is 9.59 Å². The number of Topliss-reactive ketones (excluding diaryl/α,β-unsaturated/α-hetero) is 2. The molecule has 0 radical (unpaired) electrons. The molecule has 0 aromatic carbocycles. The summed E-state index contributed by atoms with van der Waals surface area (Å²) >= 11 is 0. The summed E-state index contributed by atoms with van der Waals surface area (Å²) in [5.74, 6) is 2.95. The minimum atomic E-state index is -0.0309. The second-order valence-corrected chi connectivity index (χ2v) is 8.98. The predicted octanol–water partition coefficient (Wildman–Crippen LogP) is 4.87. The average Bonchev–Trinajstić information content (AvgIpc) is 2.83. The number of ketones is 2. The molecule has 0 aliphatic heterocycles. The number of carbonyl (C=O) groups excluding carboxylic acids is 2. The lowest BCUT2D eigenvalue weighted by molar-refractivity contribution is -0.132. The Labute approximate surface area is 140 Å². The average molecular weight is 314 g/mol. The van der Waals surface area contributed by atoms with Crippen LogP contribution in [0.15, 0.2) is 11.1 Å². The molecule has 126 valence electrons. The zero-order chi connectivity index (χ0) is 16.4. The molecule has 0 unspecified atom stereocenters. The van der Waals surface area contributed by atoms with Crippen molar-refractivity contribution in [2.24, 2.45) is 28.6 Å². The van der Waals surface area contributed by atoms with E-state index < -0.39 is 0 Å². The van der Waals surface area contributed by atoms with Gasteiger partial charge in [0.2, 0.25) is 0 Å². The fourth-order valence-electron chi connectivity index (χ4n) is 7.01. The van der Waals surface area contributed by atoms with Crippen molar-refractivity contribution >= 4 is 11.6 Å². The number of fused-ring (bicyclic) bond motifs is 5. The van der Waals surface area contributed by atoms with Gasteiger partial charge in [-0.2, -0.15) is 0 Å². The van der Waals surface area contributed by atoms with Crippen molar-refractivity contribution in [1.82, 2.24) is 0 Å². The molecule has 0 heterocycles. The van der Waals surface area contributed by atoms with Gasteiger partial charge in [-0.25, -0.2) is 0 Å². The molecule has 4 aliphatic rings. The van der Waals surface area contributed by atoms with Gasteiger partial charge >= 0.3 is 0 Å². The summed E-state index contributed by atoms with van der Waals surface area (Å²) in [4.78, 5) is 24.8. The largest absolute Gasteiger partial charge is 0.299 e. The maximum Gasteiger partial charge on any atom is 0.158 e. The van der Waals surface area contributed by atoms with Gasteiger partial charge in [-0.05, 0) is 73.7 Å². The standard InChI is InChI=1S/C21H30O2/c1-4-13-15-6-5-14-16-7-8-19(23)21(16,3)11-9-17(14)20(15,2)12-10-18(13)22/h14,16-17H,4-12H2,1-3H3/t14-,16-,17+,20-,21-/m0/s1. The van der Waals surface area contributed by atoms with E-state index in [0.29, 0.717) is 29.3 Å². The summed E-state index contributed by atoms with van der Waals surface area (Å²) in [6.07, 6.45) is 9.20. The lowest BCUT2D eigenvalue weighted by Gasteiger charge is -2.57. The Kier molecular flexibility index (Phi) is 3.42. The second kappa shape index (κ2) is 5.04. The van der Waals surface area contributed by atoms with Crippen molar-refractivity contribution in [2.45, 2.75) is 78.6 Å². The molecule has 4 rings (SSSR count). The van der Waals surface area contributed by atoms with Crippen molar-refractivity contribution in [3.05, 3.63) is 11.1 Å². The maximum absolute atomic E-state index is 12.5. The van der Waals surface area contributed by atoms with E-state index in [2.05, 4.69) is 20.8 Å². The molecule has 0 aromatic rings. The van der Waals surface area contributed by atoms with Gasteiger partial charge in [0.05, 0.1) is 0 Å². The van der Waals surface area contributed by atoms with Crippen molar-refractivity contribution in [3.63, 3.8) is 0 Å². The summed E-state index contributed by atoms with van der Waals surface area (Å²) in [5.41, 5.74) is 2.87. The van der Waals surface area contributed by atoms with Crippen molar-refractivity contribution < 1.29 is 9.59 Å². The minimum Gasteiger partial charge on any atom is -0.299 e. The topological polar surface area (TPSA) is 34.1 Å². The van der Waals surface area contributed by atoms with Crippen LogP contribution < -0.4 is 0 Å². The smallest absolute Gasteiger partial charge is 0.158 e. The first-order valence-electron chi connectivity index (χ1n) is 9.71. The first-order chi connectivity index (χ1) is 10.9. The van der Waals surface area contributed by atoms with Crippen molar-refractivity contribution in [3.8, 4) is 0 Å². The van der Waals surface area contributed by atoms with Gasteiger partial charge in [0.1, 0.15) is 5.78 Å². The Morgan fingerprint density at radius 2 is 1.65 bits per heavy atom. The van der Waals surface area contributed by atoms with Crippen LogP contribution in [0.2, 0.25) is 0 Å². The molecule has 0 amide bonds. The molecule has 0 spiro atoms. The predicted molar refractivity (Wildman–Crippen MR) is 91.0 cm³/mol. The number of allylic oxidation sites excluding steroid dienone is 1. The molecule has 0 saturated heterocycles. The van der Waals surface area contributed by atoms with Gasteiger partial charge in [-0.1, -0.05) is 26.3 Å². The van der Waals surface area contributed by atoms with Crippen LogP contribution in [0, 0.1) is 28.6 Å². The normalized spacial score (nSPS) is 46.5. The van der Waals surface area contributed by atoms with E-state index >= 15 is 0 Å². The second-order valence-electron chi connectivity index (χ2n) is 8.98. The van der Waals surface area contributed by atoms with E-state index in [4.69, 9.17) is 0 Å². The van der Waals surface area contributed by atoms with Gasteiger partial charge in [-0.15, -0.1) is 0 Å². The molecule has 2 nitrogen and oxygen atoms in total. The highest BCUT2D eigenvalue weighted by Gasteiger charge is 2.59. The van der Waals surface area contributed by atoms with Crippen LogP contribution in [0.1, 0.15) is 78.6 Å². The number of hydrogen-bond acceptors (Lipinski definition) is 2. The quantitative estimate of drug-likeness (QED) is 0.692. The van der Waals surface area contributed by atoms with Gasteiger partial charge in [0.15, 0.2) is 5.78 Å². The zero-order valence-corrected chi connectivity index (χ0v) is 14.9. The Balaban J connectivity index is 1.73. The Hall–Kier alpha value is -0.920. The maximum atomic E-state index is 12.5. The third kappa shape index (κ3) is 1.93. The van der Waals surface area contributed by atoms with E-state index in [1.54, 1.807) is 0 Å². The lowest BCUT2D eigenvalue weighted by atomic mass is 9.47. The third-order valence-corrected chi connectivity index (χ3v) is 8.31. The number of carbonyl (C=O) groups is 2. The van der Waals surface area contributed by atoms with E-state index in [1.165, 1.54) is 18.4 Å². The van der Waals surface area contributed by atoms with Crippen LogP contribution in [0.4, 0.5) is 0 Å². The fraction of sp³-hybridized carbons (Fsp3) is 0.810. The first kappa shape index (κ1) is 15.6. The van der Waals surface area contributed by atoms with Gasteiger partial charge in [-0.3, -0.25) is 9.59 Å². The monoisotopic (exact) mass is 314 g/mol. The van der Waals surface area contributed by atoms with Crippen LogP contribution in [-0.4, -0.2) is 11.6 Å². The van der Waals surface area contributed by atoms with E-state index in [-0.39, 0.29) is 10.8 Å². The zero-order valence-electron chi connectivity index (χ0n) is 14.9. The van der Waals surface area contributed by atoms with Crippen LogP contribution in [0.25, 0.3) is 0 Å². The number of rotatable bonds is 1. The van der Waals surface area contributed by atoms with Gasteiger partial charge in [0, 0.05) is 18.3 Å². The Morgan fingerprint density at radius 1 is 0.913 bits per heavy atom. The molecule has 3 fully saturated rings. The Bertz CT molecular complexity index is 601. The summed E-state index contributed by atoms with van der Waals surface area (Å²) in [5, 5.41) is 0. The van der Waals surface area contributed by atoms with Crippen LogP contribution >= 0.6 is 0 Å². The van der Waals surface area contributed by atoms with Crippen molar-refractivity contribution in [1.29, 1.82) is 0 Å². The van der Waals surface area contributed by atoms with E-state index in [1.807, 2.05) is 0 Å². The summed E-state index contributed by atoms with van der Waals surface area (Å²) < 4.78 is 0. The number of hydrogen-bond donors (Lipinski definition) is 0. The molecular weight excluding hydrogens is 284 g/mol. The molecule has 2 heteroatoms. The van der Waals surface area contributed by atoms with Crippen LogP contribution in [-0.2, 0) is 9.59 Å². The molecule has 0 bridgehead atoms. The van der Waals surface area contributed by atoms with Gasteiger partial charge < -0.3 is 0 Å². The highest BCUT2D eigenvalue weighted by atomic mass is 16.1. The molecule has 5 atom stereocenters. The molecule has 3 saturated carbocycles. The molecule has 23 heavy (non-hydrogen) atoms. The lowest BCUT2D eigenvalue weighted by Crippen LogP contribution is -2.51. The van der Waals surface area contributed by atoms with Crippen LogP contribution in [0.5, 0.6) is 0 Å². The molecule has 0 aromatic heterocycles. The summed E-state index contributed by atoms with van der Waals surface area (Å²) in [7, 11) is 0. The third-order valence-electron chi connectivity index (χ3n) is 8.31. The summed E-state index contributed by atoms with van der Waals surface area (Å²) in [6, 6.07) is 0. The van der Waals surface area contributed by atoms with Crippen LogP contribution in [0.3, 0.4) is 0 Å². The molecular formula is C21H30O2. The Morgan fingerprint density at radius 3 is 2.39 bits per heavy atom. The van der Waals surface area contributed by atoms with E-state index in [0.717, 1.165) is 50.5 Å². The first-order valence-corrected chi connectivity index (χ1v) is 9.71. The highest BCUT2D eigenvalue weighted by molar-refractivity contribution is 5.97. The van der Waals surface area contributed by atoms with Gasteiger partial charge in [0.25, 0.3) is 0 Å². The minimum absolute atomic E-state index is 0.0309. The summed E-state index contributed by atoms with van der Waals surface area (Å²) in [6.45, 7) is 6.84. The SMILES string of the molecule is CCC1=C2CC[C@@H]3[C@@H](CC[C@]4(C)C(=O)CC[C@@H]34)[C@@]2(C)CCC1=O. The van der Waals surface area contributed by atoms with Crippen molar-refractivity contribution in [2.75, 3.05) is 0 Å². The molecule has 0 N–H and O–H groups in total. The molecule has 4 aliphatic carbocycles. The highest BCUT2D eigenvalue weighted by Crippen LogP contribution is 2.65.